The van der Waals surface area contributed by atoms with Gasteiger partial charge in [-0.1, -0.05) is 50.2 Å². The van der Waals surface area contributed by atoms with Crippen LogP contribution in [0.1, 0.15) is 25.0 Å². The van der Waals surface area contributed by atoms with E-state index >= 15 is 0 Å². The number of hydrogen-bond donors (Lipinski definition) is 2. The fraction of sp³-hybridized carbons (Fsp3) is 0.278. The smallest absolute Gasteiger partial charge is 0.262 e. The topological polar surface area (TPSA) is 41.1 Å². The molecule has 0 saturated carbocycles. The van der Waals surface area contributed by atoms with E-state index in [0.29, 0.717) is 12.5 Å². The molecule has 0 unspecified atom stereocenters. The number of carbonyl (C=O) groups excluding carboxylic acids is 1. The van der Waals surface area contributed by atoms with Crippen LogP contribution in [0.2, 0.25) is 0 Å². The van der Waals surface area contributed by atoms with Crippen LogP contribution in [0.4, 0.5) is 0 Å². The van der Waals surface area contributed by atoms with Gasteiger partial charge in [-0.3, -0.25) is 10.2 Å². The van der Waals surface area contributed by atoms with Crippen LogP contribution in [0.25, 0.3) is 16.8 Å². The van der Waals surface area contributed by atoms with Crippen LogP contribution >= 0.6 is 0 Å². The van der Waals surface area contributed by atoms with E-state index in [1.54, 1.807) is 0 Å². The molecular weight excluding hydrogens is 260 g/mol. The lowest BCUT2D eigenvalue weighted by molar-refractivity contribution is -0.116. The molecule has 3 rings (SSSR count). The van der Waals surface area contributed by atoms with Crippen molar-refractivity contribution in [2.24, 2.45) is 5.92 Å². The molecule has 21 heavy (non-hydrogen) atoms. The summed E-state index contributed by atoms with van der Waals surface area (Å²) in [6, 6.07) is 12.7. The van der Waals surface area contributed by atoms with Crippen LogP contribution in [0.15, 0.2) is 42.0 Å². The summed E-state index contributed by atoms with van der Waals surface area (Å²) < 4.78 is 0. The standard InChI is InChI=1S/C18H20N2O/c1-12(2)9-14-8-7-13-5-3-4-6-16(13)17(14)10-15-11-19-20-18(15)21/h3-8,10,12,19H,9,11H2,1-2H3,(H,20,21)/b15-10+. The number of nitrogens with one attached hydrogen (secondary N) is 2. The van der Waals surface area contributed by atoms with Gasteiger partial charge in [0.25, 0.3) is 5.91 Å². The first-order valence-corrected chi connectivity index (χ1v) is 7.39. The number of hydrogen-bond acceptors (Lipinski definition) is 2. The molecule has 0 atom stereocenters. The SMILES string of the molecule is CC(C)Cc1ccc2ccccc2c1/C=C1\CNNC1=O. The van der Waals surface area contributed by atoms with Crippen LogP contribution in [-0.2, 0) is 11.2 Å². The molecular formula is C18H20N2O. The van der Waals surface area contributed by atoms with E-state index in [9.17, 15) is 4.79 Å². The molecule has 0 bridgehead atoms. The third-order valence-corrected chi connectivity index (χ3v) is 3.78. The molecule has 0 aromatic heterocycles. The molecule has 0 spiro atoms. The van der Waals surface area contributed by atoms with E-state index in [1.165, 1.54) is 21.9 Å². The highest BCUT2D eigenvalue weighted by atomic mass is 16.2. The molecule has 0 radical (unpaired) electrons. The maximum absolute atomic E-state index is 11.8. The molecule has 1 saturated heterocycles. The maximum Gasteiger partial charge on any atom is 0.262 e. The largest absolute Gasteiger partial charge is 0.287 e. The van der Waals surface area contributed by atoms with Crippen LogP contribution in [0.5, 0.6) is 0 Å². The van der Waals surface area contributed by atoms with Gasteiger partial charge < -0.3 is 0 Å². The molecule has 1 fully saturated rings. The van der Waals surface area contributed by atoms with Gasteiger partial charge in [0.05, 0.1) is 0 Å². The Labute approximate surface area is 125 Å². The number of benzene rings is 2. The normalized spacial score (nSPS) is 16.9. The van der Waals surface area contributed by atoms with Gasteiger partial charge >= 0.3 is 0 Å². The van der Waals surface area contributed by atoms with Crippen LogP contribution in [0, 0.1) is 5.92 Å². The Bertz CT molecular complexity index is 716. The van der Waals surface area contributed by atoms with Crippen molar-refractivity contribution in [3.8, 4) is 0 Å². The molecule has 0 aliphatic carbocycles. The van der Waals surface area contributed by atoms with Crippen LogP contribution < -0.4 is 10.9 Å². The molecule has 108 valence electrons. The molecule has 3 heteroatoms. The first-order valence-electron chi connectivity index (χ1n) is 7.39. The number of amides is 1. The third kappa shape index (κ3) is 2.83. The predicted octanol–water partition coefficient (Wildman–Crippen LogP) is 3.06. The second kappa shape index (κ2) is 5.70. The molecule has 3 nitrogen and oxygen atoms in total. The monoisotopic (exact) mass is 280 g/mol. The maximum atomic E-state index is 11.8. The Balaban J connectivity index is 2.18. The van der Waals surface area contributed by atoms with E-state index in [2.05, 4.69) is 55.0 Å². The zero-order valence-electron chi connectivity index (χ0n) is 12.4. The fourth-order valence-electron chi connectivity index (χ4n) is 2.80. The molecule has 1 heterocycles. The number of hydrazine groups is 1. The highest BCUT2D eigenvalue weighted by molar-refractivity contribution is 6.03. The van der Waals surface area contributed by atoms with Crippen LogP contribution in [-0.4, -0.2) is 12.5 Å². The van der Waals surface area contributed by atoms with Crippen molar-refractivity contribution in [2.75, 3.05) is 6.54 Å². The molecule has 1 aliphatic heterocycles. The van der Waals surface area contributed by atoms with Gasteiger partial charge in [0.2, 0.25) is 0 Å². The van der Waals surface area contributed by atoms with Gasteiger partial charge in [-0.05, 0) is 40.3 Å². The Kier molecular flexibility index (Phi) is 3.76. The second-order valence-corrected chi connectivity index (χ2v) is 5.93. The molecule has 2 aromatic rings. The van der Waals surface area contributed by atoms with Gasteiger partial charge in [0.1, 0.15) is 0 Å². The molecule has 2 aromatic carbocycles. The summed E-state index contributed by atoms with van der Waals surface area (Å²) in [6.07, 6.45) is 3.05. The summed E-state index contributed by atoms with van der Waals surface area (Å²) in [5.41, 5.74) is 8.79. The van der Waals surface area contributed by atoms with E-state index in [0.717, 1.165) is 12.0 Å². The Hall–Kier alpha value is -2.13. The molecule has 1 amide bonds. The molecule has 2 N–H and O–H groups in total. The van der Waals surface area contributed by atoms with Gasteiger partial charge in [-0.25, -0.2) is 5.43 Å². The summed E-state index contributed by atoms with van der Waals surface area (Å²) in [7, 11) is 0. The number of fused-ring (bicyclic) bond motifs is 1. The number of rotatable bonds is 3. The Morgan fingerprint density at radius 1 is 1.19 bits per heavy atom. The highest BCUT2D eigenvalue weighted by Gasteiger charge is 2.17. The fourth-order valence-corrected chi connectivity index (χ4v) is 2.80. The summed E-state index contributed by atoms with van der Waals surface area (Å²) in [6.45, 7) is 5.01. The van der Waals surface area contributed by atoms with E-state index < -0.39 is 0 Å². The average Bonchev–Trinajstić information content (AvgIpc) is 2.86. The minimum Gasteiger partial charge on any atom is -0.287 e. The average molecular weight is 280 g/mol. The van der Waals surface area contributed by atoms with Gasteiger partial charge in [0.15, 0.2) is 0 Å². The quantitative estimate of drug-likeness (QED) is 0.848. The van der Waals surface area contributed by atoms with Crippen molar-refractivity contribution in [2.45, 2.75) is 20.3 Å². The first kappa shape index (κ1) is 13.8. The lowest BCUT2D eigenvalue weighted by Crippen LogP contribution is -2.25. The predicted molar refractivity (Wildman–Crippen MR) is 86.6 cm³/mol. The Morgan fingerprint density at radius 2 is 2.00 bits per heavy atom. The summed E-state index contributed by atoms with van der Waals surface area (Å²) >= 11 is 0. The zero-order valence-corrected chi connectivity index (χ0v) is 12.4. The van der Waals surface area contributed by atoms with Crippen molar-refractivity contribution < 1.29 is 4.79 Å². The second-order valence-electron chi connectivity index (χ2n) is 5.93. The van der Waals surface area contributed by atoms with Crippen molar-refractivity contribution in [1.29, 1.82) is 0 Å². The van der Waals surface area contributed by atoms with Crippen molar-refractivity contribution in [1.82, 2.24) is 10.9 Å². The van der Waals surface area contributed by atoms with E-state index in [1.807, 2.05) is 12.1 Å². The third-order valence-electron chi connectivity index (χ3n) is 3.78. The summed E-state index contributed by atoms with van der Waals surface area (Å²) in [5.74, 6) is 0.553. The van der Waals surface area contributed by atoms with E-state index in [4.69, 9.17) is 0 Å². The first-order chi connectivity index (χ1) is 10.1. The number of carbonyl (C=O) groups is 1. The molecule has 1 aliphatic rings. The minimum atomic E-state index is -0.0292. The highest BCUT2D eigenvalue weighted by Crippen LogP contribution is 2.27. The summed E-state index contributed by atoms with van der Waals surface area (Å²) in [5, 5.41) is 2.42. The van der Waals surface area contributed by atoms with Crippen molar-refractivity contribution in [3.63, 3.8) is 0 Å². The Morgan fingerprint density at radius 3 is 2.71 bits per heavy atom. The van der Waals surface area contributed by atoms with Crippen molar-refractivity contribution >= 4 is 22.8 Å². The van der Waals surface area contributed by atoms with Gasteiger partial charge in [-0.2, -0.15) is 0 Å². The van der Waals surface area contributed by atoms with Crippen LogP contribution in [0.3, 0.4) is 0 Å². The van der Waals surface area contributed by atoms with E-state index in [-0.39, 0.29) is 5.91 Å². The van der Waals surface area contributed by atoms with Gasteiger partial charge in [0, 0.05) is 12.1 Å². The van der Waals surface area contributed by atoms with Gasteiger partial charge in [-0.15, -0.1) is 0 Å². The zero-order chi connectivity index (χ0) is 14.8. The lowest BCUT2D eigenvalue weighted by atomic mass is 9.92. The van der Waals surface area contributed by atoms with Crippen molar-refractivity contribution in [3.05, 3.63) is 53.1 Å². The minimum absolute atomic E-state index is 0.0292. The lowest BCUT2D eigenvalue weighted by Gasteiger charge is -2.12. The summed E-state index contributed by atoms with van der Waals surface area (Å²) in [4.78, 5) is 11.8.